The number of nitrogens with one attached hydrogen (secondary N) is 1. The van der Waals surface area contributed by atoms with E-state index >= 15 is 0 Å². The molecule has 5 nitrogen and oxygen atoms in total. The maximum Gasteiger partial charge on any atom is 0.265 e. The van der Waals surface area contributed by atoms with Crippen LogP contribution in [0, 0.1) is 12.8 Å². The fraction of sp³-hybridized carbons (Fsp3) is 0.389. The molecule has 1 aliphatic heterocycles. The average molecular weight is 379 g/mol. The molecule has 2 aromatic rings. The van der Waals surface area contributed by atoms with E-state index in [1.807, 2.05) is 13.0 Å². The van der Waals surface area contributed by atoms with E-state index in [0.29, 0.717) is 29.6 Å². The topological polar surface area (TPSA) is 66.5 Å². The van der Waals surface area contributed by atoms with E-state index in [1.54, 1.807) is 34.6 Å². The zero-order valence-electron chi connectivity index (χ0n) is 14.4. The smallest absolute Gasteiger partial charge is 0.265 e. The summed E-state index contributed by atoms with van der Waals surface area (Å²) in [6.45, 7) is 5.23. The van der Waals surface area contributed by atoms with Crippen LogP contribution in [0.25, 0.3) is 0 Å². The van der Waals surface area contributed by atoms with Crippen molar-refractivity contribution in [2.75, 3.05) is 18.4 Å². The lowest BCUT2D eigenvalue weighted by Crippen LogP contribution is -2.37. The highest BCUT2D eigenvalue weighted by Crippen LogP contribution is 2.24. The quantitative estimate of drug-likeness (QED) is 0.881. The molecule has 0 unspecified atom stereocenters. The molecule has 1 N–H and O–H groups in total. The molecule has 1 aliphatic rings. The molecule has 0 atom stereocenters. The number of aryl methyl sites for hydroxylation is 1. The van der Waals surface area contributed by atoms with E-state index in [-0.39, 0.29) is 10.8 Å². The van der Waals surface area contributed by atoms with Crippen molar-refractivity contribution in [3.05, 3.63) is 46.2 Å². The molecule has 1 saturated heterocycles. The highest BCUT2D eigenvalue weighted by molar-refractivity contribution is 7.89. The van der Waals surface area contributed by atoms with E-state index in [4.69, 9.17) is 0 Å². The van der Waals surface area contributed by atoms with E-state index in [1.165, 1.54) is 11.3 Å². The minimum absolute atomic E-state index is 0.182. The minimum Gasteiger partial charge on any atom is -0.321 e. The van der Waals surface area contributed by atoms with Gasteiger partial charge < -0.3 is 5.32 Å². The van der Waals surface area contributed by atoms with Gasteiger partial charge in [0.1, 0.15) is 0 Å². The third-order valence-corrected chi connectivity index (χ3v) is 7.37. The van der Waals surface area contributed by atoms with Gasteiger partial charge in [-0.2, -0.15) is 4.31 Å². The Morgan fingerprint density at radius 2 is 1.76 bits per heavy atom. The fourth-order valence-electron chi connectivity index (χ4n) is 2.83. The van der Waals surface area contributed by atoms with Crippen molar-refractivity contribution >= 4 is 33.0 Å². The number of piperidine rings is 1. The summed E-state index contributed by atoms with van der Waals surface area (Å²) >= 11 is 1.43. The number of anilines is 1. The van der Waals surface area contributed by atoms with E-state index in [2.05, 4.69) is 12.2 Å². The average Bonchev–Trinajstić information content (AvgIpc) is 3.02. The Labute approximate surface area is 152 Å². The van der Waals surface area contributed by atoms with Crippen LogP contribution in [0.3, 0.4) is 0 Å². The third-order valence-electron chi connectivity index (χ3n) is 4.46. The lowest BCUT2D eigenvalue weighted by molar-refractivity contribution is 0.103. The lowest BCUT2D eigenvalue weighted by atomic mass is 10.0. The monoisotopic (exact) mass is 378 g/mol. The van der Waals surface area contributed by atoms with Crippen molar-refractivity contribution in [3.63, 3.8) is 0 Å². The Kier molecular flexibility index (Phi) is 5.27. The highest BCUT2D eigenvalue weighted by Gasteiger charge is 2.27. The summed E-state index contributed by atoms with van der Waals surface area (Å²) in [6.07, 6.45) is 1.79. The van der Waals surface area contributed by atoms with Gasteiger partial charge in [-0.25, -0.2) is 8.42 Å². The van der Waals surface area contributed by atoms with E-state index < -0.39 is 10.0 Å². The number of rotatable bonds is 4. The number of hydrogen-bond acceptors (Lipinski definition) is 4. The van der Waals surface area contributed by atoms with Crippen LogP contribution in [0.2, 0.25) is 0 Å². The van der Waals surface area contributed by atoms with E-state index in [0.717, 1.165) is 17.7 Å². The van der Waals surface area contributed by atoms with Gasteiger partial charge in [-0.15, -0.1) is 11.3 Å². The molecule has 1 fully saturated rings. The summed E-state index contributed by atoms with van der Waals surface area (Å²) in [5, 5.41) is 2.80. The second kappa shape index (κ2) is 7.27. The van der Waals surface area contributed by atoms with Crippen molar-refractivity contribution in [1.29, 1.82) is 0 Å². The molecule has 2 heterocycles. The Morgan fingerprint density at radius 3 is 2.32 bits per heavy atom. The number of hydrogen-bond donors (Lipinski definition) is 1. The molecule has 0 bridgehead atoms. The number of benzene rings is 1. The second-order valence-electron chi connectivity index (χ2n) is 6.48. The summed E-state index contributed by atoms with van der Waals surface area (Å²) in [5.74, 6) is 0.392. The lowest BCUT2D eigenvalue weighted by Gasteiger charge is -2.29. The van der Waals surface area contributed by atoms with Crippen LogP contribution >= 0.6 is 11.3 Å². The van der Waals surface area contributed by atoms with Crippen LogP contribution in [0.15, 0.2) is 41.3 Å². The van der Waals surface area contributed by atoms with Gasteiger partial charge in [0.15, 0.2) is 0 Å². The van der Waals surface area contributed by atoms with Crippen molar-refractivity contribution < 1.29 is 13.2 Å². The van der Waals surface area contributed by atoms with Gasteiger partial charge in [0.2, 0.25) is 10.0 Å². The zero-order valence-corrected chi connectivity index (χ0v) is 16.0. The van der Waals surface area contributed by atoms with Gasteiger partial charge in [0.25, 0.3) is 5.91 Å². The standard InChI is InChI=1S/C18H22N2O3S2/c1-13-9-11-20(12-10-13)25(22,23)16-6-4-15(5-7-16)19-18(21)17-8-3-14(2)24-17/h3-8,13H,9-12H2,1-2H3,(H,19,21). The third kappa shape index (κ3) is 4.11. The molecule has 1 aromatic carbocycles. The number of sulfonamides is 1. The molecule has 25 heavy (non-hydrogen) atoms. The Balaban J connectivity index is 1.70. The fourth-order valence-corrected chi connectivity index (χ4v) is 5.07. The number of thiophene rings is 1. The molecular formula is C18H22N2O3S2. The maximum atomic E-state index is 12.7. The first kappa shape index (κ1) is 18.1. The molecule has 1 amide bonds. The Morgan fingerprint density at radius 1 is 1.12 bits per heavy atom. The van der Waals surface area contributed by atoms with Gasteiger partial charge >= 0.3 is 0 Å². The van der Waals surface area contributed by atoms with Crippen LogP contribution in [-0.4, -0.2) is 31.7 Å². The first-order valence-corrected chi connectivity index (χ1v) is 10.6. The second-order valence-corrected chi connectivity index (χ2v) is 9.70. The molecule has 7 heteroatoms. The first-order valence-electron chi connectivity index (χ1n) is 8.34. The predicted molar refractivity (Wildman–Crippen MR) is 101 cm³/mol. The Bertz CT molecular complexity index is 849. The summed E-state index contributed by atoms with van der Waals surface area (Å²) in [6, 6.07) is 10.1. The van der Waals surface area contributed by atoms with Crippen LogP contribution in [0.4, 0.5) is 5.69 Å². The highest BCUT2D eigenvalue weighted by atomic mass is 32.2. The molecule has 3 rings (SSSR count). The summed E-state index contributed by atoms with van der Waals surface area (Å²) in [7, 11) is -3.46. The minimum atomic E-state index is -3.46. The molecule has 0 saturated carbocycles. The summed E-state index contributed by atoms with van der Waals surface area (Å²) < 4.78 is 26.9. The van der Waals surface area contributed by atoms with Gasteiger partial charge in [-0.05, 0) is 62.1 Å². The molecule has 1 aromatic heterocycles. The SMILES string of the molecule is Cc1ccc(C(=O)Nc2ccc(S(=O)(=O)N3CCC(C)CC3)cc2)s1. The normalized spacial score (nSPS) is 16.7. The van der Waals surface area contributed by atoms with Crippen molar-refractivity contribution in [2.24, 2.45) is 5.92 Å². The van der Waals surface area contributed by atoms with Gasteiger partial charge in [0.05, 0.1) is 9.77 Å². The molecule has 0 radical (unpaired) electrons. The number of amides is 1. The largest absolute Gasteiger partial charge is 0.321 e. The van der Waals surface area contributed by atoms with Gasteiger partial charge in [-0.3, -0.25) is 4.79 Å². The number of carbonyl (C=O) groups is 1. The number of carbonyl (C=O) groups excluding carboxylic acids is 1. The number of nitrogens with zero attached hydrogens (tertiary/aromatic N) is 1. The molecular weight excluding hydrogens is 356 g/mol. The van der Waals surface area contributed by atoms with Crippen LogP contribution in [0.1, 0.15) is 34.3 Å². The van der Waals surface area contributed by atoms with Crippen LogP contribution in [-0.2, 0) is 10.0 Å². The summed E-state index contributed by atoms with van der Waals surface area (Å²) in [5.41, 5.74) is 0.585. The van der Waals surface area contributed by atoms with Crippen molar-refractivity contribution in [3.8, 4) is 0 Å². The molecule has 134 valence electrons. The van der Waals surface area contributed by atoms with Crippen molar-refractivity contribution in [1.82, 2.24) is 4.31 Å². The maximum absolute atomic E-state index is 12.7. The van der Waals surface area contributed by atoms with Crippen molar-refractivity contribution in [2.45, 2.75) is 31.6 Å². The molecule has 0 spiro atoms. The predicted octanol–water partition coefficient (Wildman–Crippen LogP) is 3.73. The van der Waals surface area contributed by atoms with Gasteiger partial charge in [-0.1, -0.05) is 6.92 Å². The first-order chi connectivity index (χ1) is 11.9. The molecule has 0 aliphatic carbocycles. The summed E-state index contributed by atoms with van der Waals surface area (Å²) in [4.78, 5) is 14.1. The zero-order chi connectivity index (χ0) is 18.0. The van der Waals surface area contributed by atoms with Crippen LogP contribution in [0.5, 0.6) is 0 Å². The van der Waals surface area contributed by atoms with Crippen LogP contribution < -0.4 is 5.32 Å². The van der Waals surface area contributed by atoms with Gasteiger partial charge in [0, 0.05) is 23.7 Å². The van der Waals surface area contributed by atoms with E-state index in [9.17, 15) is 13.2 Å². The Hall–Kier alpha value is -1.70.